The maximum Gasteiger partial charge on any atom is 0.134 e. The molecule has 18 heavy (non-hydrogen) atoms. The van der Waals surface area contributed by atoms with Gasteiger partial charge in [-0.3, -0.25) is 0 Å². The van der Waals surface area contributed by atoms with Crippen LogP contribution in [-0.2, 0) is 0 Å². The minimum Gasteiger partial charge on any atom is -0.457 e. The highest BCUT2D eigenvalue weighted by Crippen LogP contribution is 2.27. The van der Waals surface area contributed by atoms with Crippen LogP contribution in [-0.4, -0.2) is 4.98 Å². The molecule has 0 bridgehead atoms. The lowest BCUT2D eigenvalue weighted by Crippen LogP contribution is -1.91. The summed E-state index contributed by atoms with van der Waals surface area (Å²) >= 11 is 5.86. The van der Waals surface area contributed by atoms with Gasteiger partial charge in [0.05, 0.1) is 0 Å². The summed E-state index contributed by atoms with van der Waals surface area (Å²) in [5, 5.41) is 0.439. The number of aromatic nitrogens is 1. The summed E-state index contributed by atoms with van der Waals surface area (Å²) in [7, 11) is 0. The van der Waals surface area contributed by atoms with E-state index in [1.165, 1.54) is 5.56 Å². The summed E-state index contributed by atoms with van der Waals surface area (Å²) in [6.45, 7) is 6.28. The third kappa shape index (κ3) is 3.02. The van der Waals surface area contributed by atoms with E-state index in [1.807, 2.05) is 19.1 Å². The molecular weight excluding hydrogens is 246 g/mol. The molecule has 94 valence electrons. The van der Waals surface area contributed by atoms with Crippen LogP contribution in [0.2, 0.25) is 5.15 Å². The van der Waals surface area contributed by atoms with Gasteiger partial charge in [-0.05, 0) is 30.5 Å². The van der Waals surface area contributed by atoms with E-state index in [-0.39, 0.29) is 0 Å². The van der Waals surface area contributed by atoms with Crippen molar-refractivity contribution >= 4 is 11.6 Å². The fraction of sp³-hybridized carbons (Fsp3) is 0.267. The van der Waals surface area contributed by atoms with E-state index in [4.69, 9.17) is 16.3 Å². The van der Waals surface area contributed by atoms with E-state index in [2.05, 4.69) is 31.0 Å². The van der Waals surface area contributed by atoms with E-state index >= 15 is 0 Å². The van der Waals surface area contributed by atoms with Crippen LogP contribution < -0.4 is 4.74 Å². The Morgan fingerprint density at radius 2 is 1.83 bits per heavy atom. The minimum absolute atomic E-state index is 0.439. The fourth-order valence-corrected chi connectivity index (χ4v) is 1.79. The molecule has 2 rings (SSSR count). The molecule has 0 atom stereocenters. The van der Waals surface area contributed by atoms with E-state index in [1.54, 1.807) is 12.3 Å². The molecule has 0 aliphatic carbocycles. The highest BCUT2D eigenvalue weighted by Gasteiger charge is 2.04. The van der Waals surface area contributed by atoms with Gasteiger partial charge < -0.3 is 4.74 Å². The first-order chi connectivity index (χ1) is 8.56. The van der Waals surface area contributed by atoms with Crippen molar-refractivity contribution < 1.29 is 4.74 Å². The molecule has 0 aliphatic heterocycles. The first-order valence-corrected chi connectivity index (χ1v) is 6.34. The first kappa shape index (κ1) is 12.9. The number of nitrogens with zero attached hydrogens (tertiary/aromatic N) is 1. The van der Waals surface area contributed by atoms with E-state index in [9.17, 15) is 0 Å². The van der Waals surface area contributed by atoms with Crippen LogP contribution in [0.3, 0.4) is 0 Å². The van der Waals surface area contributed by atoms with E-state index in [0.29, 0.717) is 11.1 Å². The van der Waals surface area contributed by atoms with Crippen LogP contribution in [0, 0.1) is 6.92 Å². The summed E-state index contributed by atoms with van der Waals surface area (Å²) in [4.78, 5) is 4.00. The Kier molecular flexibility index (Phi) is 3.87. The smallest absolute Gasteiger partial charge is 0.134 e. The van der Waals surface area contributed by atoms with Gasteiger partial charge in [-0.1, -0.05) is 37.6 Å². The van der Waals surface area contributed by atoms with Crippen LogP contribution in [0.15, 0.2) is 36.5 Å². The normalized spacial score (nSPS) is 10.7. The lowest BCUT2D eigenvalue weighted by Gasteiger charge is -2.10. The molecule has 2 nitrogen and oxygen atoms in total. The Morgan fingerprint density at radius 3 is 2.44 bits per heavy atom. The van der Waals surface area contributed by atoms with Crippen LogP contribution >= 0.6 is 11.6 Å². The van der Waals surface area contributed by atoms with Gasteiger partial charge in [-0.15, -0.1) is 0 Å². The summed E-state index contributed by atoms with van der Waals surface area (Å²) in [5.74, 6) is 2.08. The van der Waals surface area contributed by atoms with Crippen molar-refractivity contribution in [2.45, 2.75) is 26.7 Å². The molecule has 0 saturated carbocycles. The van der Waals surface area contributed by atoms with Gasteiger partial charge in [0.15, 0.2) is 0 Å². The zero-order chi connectivity index (χ0) is 13.1. The maximum atomic E-state index is 5.86. The largest absolute Gasteiger partial charge is 0.457 e. The molecule has 1 aromatic carbocycles. The van der Waals surface area contributed by atoms with Gasteiger partial charge in [-0.2, -0.15) is 0 Å². The zero-order valence-corrected chi connectivity index (χ0v) is 11.5. The minimum atomic E-state index is 0.439. The zero-order valence-electron chi connectivity index (χ0n) is 10.8. The monoisotopic (exact) mass is 261 g/mol. The summed E-state index contributed by atoms with van der Waals surface area (Å²) in [6.07, 6.45) is 1.71. The Labute approximate surface area is 113 Å². The van der Waals surface area contributed by atoms with Gasteiger partial charge in [0.25, 0.3) is 0 Å². The number of rotatable bonds is 3. The molecule has 0 amide bonds. The molecule has 0 spiro atoms. The molecule has 2 aromatic rings. The van der Waals surface area contributed by atoms with Gasteiger partial charge in [0, 0.05) is 17.8 Å². The number of hydrogen-bond acceptors (Lipinski definition) is 2. The summed E-state index contributed by atoms with van der Waals surface area (Å²) in [5.41, 5.74) is 2.26. The van der Waals surface area contributed by atoms with Gasteiger partial charge in [0.1, 0.15) is 16.7 Å². The molecule has 0 radical (unpaired) electrons. The number of pyridine rings is 1. The van der Waals surface area contributed by atoms with Crippen molar-refractivity contribution in [3.63, 3.8) is 0 Å². The third-order valence-electron chi connectivity index (χ3n) is 2.79. The average molecular weight is 262 g/mol. The van der Waals surface area contributed by atoms with Crippen molar-refractivity contribution in [2.75, 3.05) is 0 Å². The third-order valence-corrected chi connectivity index (χ3v) is 3.00. The Hall–Kier alpha value is -1.54. The van der Waals surface area contributed by atoms with Crippen LogP contribution in [0.5, 0.6) is 11.5 Å². The van der Waals surface area contributed by atoms with E-state index < -0.39 is 0 Å². The van der Waals surface area contributed by atoms with Gasteiger partial charge >= 0.3 is 0 Å². The Bertz CT molecular complexity index is 535. The topological polar surface area (TPSA) is 22.1 Å². The molecule has 1 aromatic heterocycles. The molecule has 0 saturated heterocycles. The molecule has 1 heterocycles. The lowest BCUT2D eigenvalue weighted by molar-refractivity contribution is 0.478. The first-order valence-electron chi connectivity index (χ1n) is 5.96. The second-order valence-corrected chi connectivity index (χ2v) is 4.99. The van der Waals surface area contributed by atoms with Crippen molar-refractivity contribution in [2.24, 2.45) is 0 Å². The van der Waals surface area contributed by atoms with Crippen molar-refractivity contribution in [1.82, 2.24) is 4.98 Å². The molecule has 0 N–H and O–H groups in total. The highest BCUT2D eigenvalue weighted by molar-refractivity contribution is 6.29. The highest BCUT2D eigenvalue weighted by atomic mass is 35.5. The number of aryl methyl sites for hydroxylation is 1. The van der Waals surface area contributed by atoms with E-state index in [0.717, 1.165) is 17.1 Å². The second-order valence-electron chi connectivity index (χ2n) is 4.60. The predicted molar refractivity (Wildman–Crippen MR) is 74.6 cm³/mol. The standard InChI is InChI=1S/C15H16ClNO/c1-10(2)12-4-6-13(7-5-12)18-14-8-15(16)17-9-11(14)3/h4-10H,1-3H3. The molecule has 0 unspecified atom stereocenters. The van der Waals surface area contributed by atoms with Crippen LogP contribution in [0.1, 0.15) is 30.9 Å². The molecule has 0 fully saturated rings. The lowest BCUT2D eigenvalue weighted by atomic mass is 10.0. The van der Waals surface area contributed by atoms with Gasteiger partial charge in [0.2, 0.25) is 0 Å². The number of ether oxygens (including phenoxy) is 1. The number of hydrogen-bond donors (Lipinski definition) is 0. The molecular formula is C15H16ClNO. The Balaban J connectivity index is 2.21. The van der Waals surface area contributed by atoms with Crippen molar-refractivity contribution in [3.05, 3.63) is 52.8 Å². The van der Waals surface area contributed by atoms with Crippen LogP contribution in [0.25, 0.3) is 0 Å². The van der Waals surface area contributed by atoms with Gasteiger partial charge in [-0.25, -0.2) is 4.98 Å². The Morgan fingerprint density at radius 1 is 1.17 bits per heavy atom. The maximum absolute atomic E-state index is 5.86. The second kappa shape index (κ2) is 5.40. The fourth-order valence-electron chi connectivity index (χ4n) is 1.64. The predicted octanol–water partition coefficient (Wildman–Crippen LogP) is 4.96. The number of halogens is 1. The van der Waals surface area contributed by atoms with Crippen molar-refractivity contribution in [3.8, 4) is 11.5 Å². The SMILES string of the molecule is Cc1cnc(Cl)cc1Oc1ccc(C(C)C)cc1. The molecule has 0 aliphatic rings. The van der Waals surface area contributed by atoms with Crippen LogP contribution in [0.4, 0.5) is 0 Å². The average Bonchev–Trinajstić information content (AvgIpc) is 2.34. The summed E-state index contributed by atoms with van der Waals surface area (Å²) in [6, 6.07) is 9.84. The number of benzene rings is 1. The quantitative estimate of drug-likeness (QED) is 0.729. The van der Waals surface area contributed by atoms with Crippen molar-refractivity contribution in [1.29, 1.82) is 0 Å². The summed E-state index contributed by atoms with van der Waals surface area (Å²) < 4.78 is 5.80. The molecule has 3 heteroatoms.